The Balaban J connectivity index is 3.41. The average molecular weight is 219 g/mol. The molecule has 0 aliphatic carbocycles. The van der Waals surface area contributed by atoms with Crippen LogP contribution in [0, 0.1) is 0 Å². The van der Waals surface area contributed by atoms with E-state index in [2.05, 4.69) is 5.32 Å². The lowest BCUT2D eigenvalue weighted by atomic mass is 10.2. The van der Waals surface area contributed by atoms with E-state index < -0.39 is 12.0 Å². The molecule has 0 rings (SSSR count). The maximum absolute atomic E-state index is 10.7. The van der Waals surface area contributed by atoms with Crippen molar-refractivity contribution in [3.63, 3.8) is 0 Å². The lowest BCUT2D eigenvalue weighted by molar-refractivity contribution is -0.140. The smallest absolute Gasteiger partial charge is 0.320 e. The molecule has 0 aliphatic rings. The van der Waals surface area contributed by atoms with E-state index in [4.69, 9.17) is 14.6 Å². The van der Waals surface area contributed by atoms with Crippen LogP contribution in [-0.2, 0) is 14.3 Å². The van der Waals surface area contributed by atoms with E-state index in [9.17, 15) is 4.79 Å². The normalized spacial score (nSPS) is 12.7. The monoisotopic (exact) mass is 219 g/mol. The zero-order valence-electron chi connectivity index (χ0n) is 9.49. The van der Waals surface area contributed by atoms with Crippen LogP contribution in [0.1, 0.15) is 20.3 Å². The summed E-state index contributed by atoms with van der Waals surface area (Å²) in [5, 5.41) is 11.7. The van der Waals surface area contributed by atoms with E-state index in [1.165, 1.54) is 0 Å². The Hall–Kier alpha value is -0.650. The van der Waals surface area contributed by atoms with Gasteiger partial charge in [-0.1, -0.05) is 6.92 Å². The van der Waals surface area contributed by atoms with Gasteiger partial charge in [-0.05, 0) is 19.9 Å². The van der Waals surface area contributed by atoms with Gasteiger partial charge < -0.3 is 19.9 Å². The highest BCUT2D eigenvalue weighted by Crippen LogP contribution is 1.93. The molecule has 0 saturated carbocycles. The summed E-state index contributed by atoms with van der Waals surface area (Å²) in [6, 6.07) is -0.512. The number of likely N-dealkylation sites (N-methyl/N-ethyl adjacent to an activating group) is 1. The Bertz CT molecular complexity index is 164. The SMILES string of the molecule is CCNC(CCOCCOCC)C(=O)O. The third kappa shape index (κ3) is 8.35. The summed E-state index contributed by atoms with van der Waals surface area (Å²) >= 11 is 0. The number of carboxylic acid groups (broad SMARTS) is 1. The highest BCUT2D eigenvalue weighted by Gasteiger charge is 2.14. The summed E-state index contributed by atoms with van der Waals surface area (Å²) in [6.07, 6.45) is 0.481. The number of rotatable bonds is 10. The van der Waals surface area contributed by atoms with Gasteiger partial charge in [0.05, 0.1) is 13.2 Å². The molecule has 0 bridgehead atoms. The molecule has 90 valence electrons. The summed E-state index contributed by atoms with van der Waals surface area (Å²) in [7, 11) is 0. The Morgan fingerprint density at radius 2 is 1.93 bits per heavy atom. The Morgan fingerprint density at radius 3 is 2.47 bits per heavy atom. The van der Waals surface area contributed by atoms with Crippen molar-refractivity contribution in [1.29, 1.82) is 0 Å². The van der Waals surface area contributed by atoms with Crippen LogP contribution >= 0.6 is 0 Å². The van der Waals surface area contributed by atoms with Gasteiger partial charge in [-0.2, -0.15) is 0 Å². The molecule has 15 heavy (non-hydrogen) atoms. The molecular weight excluding hydrogens is 198 g/mol. The maximum atomic E-state index is 10.7. The van der Waals surface area contributed by atoms with Crippen molar-refractivity contribution in [1.82, 2.24) is 5.32 Å². The molecule has 0 aromatic carbocycles. The number of nitrogens with one attached hydrogen (secondary N) is 1. The molecular formula is C10H21NO4. The largest absolute Gasteiger partial charge is 0.480 e. The number of carboxylic acids is 1. The predicted molar refractivity (Wildman–Crippen MR) is 57.0 cm³/mol. The number of carbonyl (C=O) groups is 1. The van der Waals surface area contributed by atoms with Crippen LogP contribution in [0.3, 0.4) is 0 Å². The van der Waals surface area contributed by atoms with E-state index >= 15 is 0 Å². The second-order valence-electron chi connectivity index (χ2n) is 3.05. The first-order valence-electron chi connectivity index (χ1n) is 5.34. The molecule has 0 aromatic heterocycles. The van der Waals surface area contributed by atoms with Crippen LogP contribution in [0.4, 0.5) is 0 Å². The van der Waals surface area contributed by atoms with Crippen LogP contribution in [-0.4, -0.2) is 50.1 Å². The molecule has 5 nitrogen and oxygen atoms in total. The summed E-state index contributed by atoms with van der Waals surface area (Å²) in [5.41, 5.74) is 0. The second kappa shape index (κ2) is 9.89. The quantitative estimate of drug-likeness (QED) is 0.523. The van der Waals surface area contributed by atoms with Gasteiger partial charge in [0, 0.05) is 13.2 Å². The van der Waals surface area contributed by atoms with Crippen molar-refractivity contribution in [2.24, 2.45) is 0 Å². The van der Waals surface area contributed by atoms with Crippen molar-refractivity contribution in [2.45, 2.75) is 26.3 Å². The second-order valence-corrected chi connectivity index (χ2v) is 3.05. The molecule has 0 heterocycles. The third-order valence-electron chi connectivity index (χ3n) is 1.88. The molecule has 0 saturated heterocycles. The van der Waals surface area contributed by atoms with Crippen molar-refractivity contribution in [3.8, 4) is 0 Å². The molecule has 5 heteroatoms. The van der Waals surface area contributed by atoms with Gasteiger partial charge in [0.15, 0.2) is 0 Å². The van der Waals surface area contributed by atoms with Gasteiger partial charge >= 0.3 is 5.97 Å². The van der Waals surface area contributed by atoms with Gasteiger partial charge in [0.1, 0.15) is 6.04 Å². The minimum atomic E-state index is -0.828. The lowest BCUT2D eigenvalue weighted by Gasteiger charge is -2.12. The summed E-state index contributed by atoms with van der Waals surface area (Å²) in [5.74, 6) is -0.828. The molecule has 0 fully saturated rings. The number of hydrogen-bond acceptors (Lipinski definition) is 4. The van der Waals surface area contributed by atoms with Crippen LogP contribution in [0.25, 0.3) is 0 Å². The standard InChI is InChI=1S/C10H21NO4/c1-3-11-9(10(12)13)5-6-15-8-7-14-4-2/h9,11H,3-8H2,1-2H3,(H,12,13). The molecule has 0 amide bonds. The van der Waals surface area contributed by atoms with Gasteiger partial charge in [0.2, 0.25) is 0 Å². The first-order chi connectivity index (χ1) is 7.22. The molecule has 1 atom stereocenters. The van der Waals surface area contributed by atoms with Crippen LogP contribution in [0.5, 0.6) is 0 Å². The highest BCUT2D eigenvalue weighted by atomic mass is 16.5. The summed E-state index contributed by atoms with van der Waals surface area (Å²) in [4.78, 5) is 10.7. The maximum Gasteiger partial charge on any atom is 0.320 e. The van der Waals surface area contributed by atoms with Gasteiger partial charge in [-0.3, -0.25) is 4.79 Å². The van der Waals surface area contributed by atoms with Gasteiger partial charge in [-0.25, -0.2) is 0 Å². The summed E-state index contributed by atoms with van der Waals surface area (Å²) < 4.78 is 10.3. The number of hydrogen-bond donors (Lipinski definition) is 2. The molecule has 0 aromatic rings. The van der Waals surface area contributed by atoms with E-state index in [1.807, 2.05) is 13.8 Å². The molecule has 1 unspecified atom stereocenters. The highest BCUT2D eigenvalue weighted by molar-refractivity contribution is 5.73. The van der Waals surface area contributed by atoms with Crippen LogP contribution in [0.15, 0.2) is 0 Å². The number of aliphatic carboxylic acids is 1. The Labute approximate surface area is 90.8 Å². The summed E-state index contributed by atoms with van der Waals surface area (Å²) in [6.45, 7) is 6.66. The van der Waals surface area contributed by atoms with E-state index in [0.29, 0.717) is 39.4 Å². The van der Waals surface area contributed by atoms with Crippen LogP contribution < -0.4 is 5.32 Å². The van der Waals surface area contributed by atoms with Crippen molar-refractivity contribution >= 4 is 5.97 Å². The van der Waals surface area contributed by atoms with Crippen molar-refractivity contribution in [3.05, 3.63) is 0 Å². The fourth-order valence-corrected chi connectivity index (χ4v) is 1.12. The number of ether oxygens (including phenoxy) is 2. The fourth-order valence-electron chi connectivity index (χ4n) is 1.12. The fraction of sp³-hybridized carbons (Fsp3) is 0.900. The topological polar surface area (TPSA) is 67.8 Å². The van der Waals surface area contributed by atoms with Crippen LogP contribution in [0.2, 0.25) is 0 Å². The first kappa shape index (κ1) is 14.3. The van der Waals surface area contributed by atoms with E-state index in [0.717, 1.165) is 0 Å². The molecule has 0 spiro atoms. The zero-order chi connectivity index (χ0) is 11.5. The average Bonchev–Trinajstić information content (AvgIpc) is 2.21. The zero-order valence-corrected chi connectivity index (χ0v) is 9.49. The minimum Gasteiger partial charge on any atom is -0.480 e. The lowest BCUT2D eigenvalue weighted by Crippen LogP contribution is -2.37. The molecule has 2 N–H and O–H groups in total. The van der Waals surface area contributed by atoms with Crippen molar-refractivity contribution in [2.75, 3.05) is 33.0 Å². The predicted octanol–water partition coefficient (Wildman–Crippen LogP) is 0.492. The van der Waals surface area contributed by atoms with Gasteiger partial charge in [-0.15, -0.1) is 0 Å². The van der Waals surface area contributed by atoms with E-state index in [-0.39, 0.29) is 0 Å². The van der Waals surface area contributed by atoms with Gasteiger partial charge in [0.25, 0.3) is 0 Å². The first-order valence-corrected chi connectivity index (χ1v) is 5.34. The Morgan fingerprint density at radius 1 is 1.27 bits per heavy atom. The third-order valence-corrected chi connectivity index (χ3v) is 1.88. The molecule has 0 aliphatic heterocycles. The van der Waals surface area contributed by atoms with Crippen molar-refractivity contribution < 1.29 is 19.4 Å². The Kier molecular flexibility index (Phi) is 9.46. The molecule has 0 radical (unpaired) electrons. The van der Waals surface area contributed by atoms with E-state index in [1.54, 1.807) is 0 Å². The minimum absolute atomic E-state index is 0.442.